The van der Waals surface area contributed by atoms with Gasteiger partial charge >= 0.3 is 0 Å². The first kappa shape index (κ1) is 23.9. The molecule has 1 saturated carbocycles. The lowest BCUT2D eigenvalue weighted by atomic mass is 9.57. The maximum Gasteiger partial charge on any atom is 0.191 e. The number of ether oxygens (including phenoxy) is 2. The number of hydrogen-bond donors (Lipinski definition) is 2. The maximum absolute atomic E-state index is 5.94. The first-order chi connectivity index (χ1) is 14.6. The maximum atomic E-state index is 5.94. The largest absolute Gasteiger partial charge is 0.497 e. The third kappa shape index (κ3) is 5.55. The summed E-state index contributed by atoms with van der Waals surface area (Å²) in [5, 5.41) is 7.24. The van der Waals surface area contributed by atoms with Gasteiger partial charge in [0, 0.05) is 43.5 Å². The second-order valence-electron chi connectivity index (χ2n) is 8.77. The molecule has 7 heteroatoms. The molecule has 2 N–H and O–H groups in total. The highest BCUT2D eigenvalue weighted by atomic mass is 127. The molecule has 0 spiro atoms. The van der Waals surface area contributed by atoms with E-state index in [1.807, 2.05) is 24.3 Å². The predicted molar refractivity (Wildman–Crippen MR) is 133 cm³/mol. The van der Waals surface area contributed by atoms with Crippen molar-refractivity contribution in [2.24, 2.45) is 16.3 Å². The molecule has 3 unspecified atom stereocenters. The Morgan fingerprint density at radius 1 is 1.19 bits per heavy atom. The molecule has 2 heterocycles. The van der Waals surface area contributed by atoms with Crippen LogP contribution in [0.2, 0.25) is 0 Å². The summed E-state index contributed by atoms with van der Waals surface area (Å²) in [6.07, 6.45) is 4.91. The van der Waals surface area contributed by atoms with E-state index in [1.165, 1.54) is 5.56 Å². The lowest BCUT2D eigenvalue weighted by Crippen LogP contribution is -2.68. The van der Waals surface area contributed by atoms with E-state index in [0.29, 0.717) is 24.6 Å². The fraction of sp³-hybridized carbons (Fsp3) is 0.542. The van der Waals surface area contributed by atoms with Crippen molar-refractivity contribution in [2.75, 3.05) is 26.8 Å². The Kier molecular flexibility index (Phi) is 8.27. The molecule has 4 rings (SSSR count). The van der Waals surface area contributed by atoms with Gasteiger partial charge in [-0.25, -0.2) is 0 Å². The number of nitrogens with one attached hydrogen (secondary N) is 2. The van der Waals surface area contributed by atoms with Gasteiger partial charge in [0.2, 0.25) is 0 Å². The molecule has 6 nitrogen and oxygen atoms in total. The van der Waals surface area contributed by atoms with E-state index < -0.39 is 0 Å². The minimum atomic E-state index is 0. The van der Waals surface area contributed by atoms with Crippen molar-refractivity contribution in [1.29, 1.82) is 0 Å². The second kappa shape index (κ2) is 10.7. The molecule has 0 bridgehead atoms. The van der Waals surface area contributed by atoms with E-state index in [2.05, 4.69) is 36.6 Å². The number of guanidine groups is 1. The number of halogens is 1. The minimum Gasteiger partial charge on any atom is -0.497 e. The molecular weight excluding hydrogens is 505 g/mol. The van der Waals surface area contributed by atoms with Gasteiger partial charge < -0.3 is 24.5 Å². The third-order valence-electron chi connectivity index (χ3n) is 6.47. The molecule has 2 aromatic rings. The number of hydrogen-bond acceptors (Lipinski definition) is 4. The Hall–Kier alpha value is -1.74. The summed E-state index contributed by atoms with van der Waals surface area (Å²) in [4.78, 5) is 4.83. The molecule has 1 aliphatic heterocycles. The fourth-order valence-corrected chi connectivity index (χ4v) is 4.77. The third-order valence-corrected chi connectivity index (χ3v) is 6.47. The summed E-state index contributed by atoms with van der Waals surface area (Å²) in [5.41, 5.74) is 1.38. The number of furan rings is 1. The van der Waals surface area contributed by atoms with Gasteiger partial charge in [0.05, 0.1) is 19.5 Å². The average molecular weight is 539 g/mol. The summed E-state index contributed by atoms with van der Waals surface area (Å²) in [5.74, 6) is 3.29. The van der Waals surface area contributed by atoms with Gasteiger partial charge in [-0.3, -0.25) is 4.99 Å². The van der Waals surface area contributed by atoms with Crippen molar-refractivity contribution >= 4 is 29.9 Å². The van der Waals surface area contributed by atoms with E-state index in [-0.39, 0.29) is 29.4 Å². The van der Waals surface area contributed by atoms with Crippen molar-refractivity contribution in [2.45, 2.75) is 45.3 Å². The number of methoxy groups -OCH3 is 1. The first-order valence-corrected chi connectivity index (χ1v) is 10.9. The van der Waals surface area contributed by atoms with Gasteiger partial charge in [0.15, 0.2) is 5.96 Å². The Morgan fingerprint density at radius 3 is 2.71 bits per heavy atom. The quantitative estimate of drug-likeness (QED) is 0.301. The van der Waals surface area contributed by atoms with Crippen LogP contribution in [-0.4, -0.2) is 44.9 Å². The molecule has 1 aromatic carbocycles. The van der Waals surface area contributed by atoms with Crippen LogP contribution in [0.15, 0.2) is 52.1 Å². The molecule has 2 aliphatic rings. The minimum absolute atomic E-state index is 0. The Balaban J connectivity index is 0.00000272. The van der Waals surface area contributed by atoms with Crippen LogP contribution in [0.25, 0.3) is 0 Å². The van der Waals surface area contributed by atoms with Crippen molar-refractivity contribution in [3.05, 3.63) is 54.0 Å². The molecule has 1 saturated heterocycles. The van der Waals surface area contributed by atoms with Crippen LogP contribution in [0.3, 0.4) is 0 Å². The lowest BCUT2D eigenvalue weighted by molar-refractivity contribution is -0.106. The van der Waals surface area contributed by atoms with Gasteiger partial charge in [0.25, 0.3) is 0 Å². The van der Waals surface area contributed by atoms with Crippen LogP contribution in [-0.2, 0) is 17.6 Å². The summed E-state index contributed by atoms with van der Waals surface area (Å²) < 4.78 is 16.6. The molecule has 2 fully saturated rings. The zero-order valence-corrected chi connectivity index (χ0v) is 20.9. The van der Waals surface area contributed by atoms with Crippen molar-refractivity contribution in [3.8, 4) is 5.75 Å². The van der Waals surface area contributed by atoms with Crippen LogP contribution in [0.1, 0.15) is 31.6 Å². The Labute approximate surface area is 202 Å². The van der Waals surface area contributed by atoms with E-state index in [0.717, 1.165) is 49.9 Å². The molecule has 31 heavy (non-hydrogen) atoms. The topological polar surface area (TPSA) is 68.0 Å². The van der Waals surface area contributed by atoms with E-state index in [1.54, 1.807) is 13.4 Å². The summed E-state index contributed by atoms with van der Waals surface area (Å²) >= 11 is 0. The highest BCUT2D eigenvalue weighted by Crippen LogP contribution is 2.52. The molecule has 1 aliphatic carbocycles. The van der Waals surface area contributed by atoms with Gasteiger partial charge in [0.1, 0.15) is 11.5 Å². The Morgan fingerprint density at radius 2 is 2.00 bits per heavy atom. The van der Waals surface area contributed by atoms with Crippen LogP contribution >= 0.6 is 24.0 Å². The summed E-state index contributed by atoms with van der Waals surface area (Å²) in [7, 11) is 1.69. The highest BCUT2D eigenvalue weighted by molar-refractivity contribution is 14.0. The molecule has 1 aromatic heterocycles. The van der Waals surface area contributed by atoms with E-state index >= 15 is 0 Å². The van der Waals surface area contributed by atoms with E-state index in [9.17, 15) is 0 Å². The smallest absolute Gasteiger partial charge is 0.191 e. The van der Waals surface area contributed by atoms with Crippen LogP contribution in [0.5, 0.6) is 5.75 Å². The average Bonchev–Trinajstić information content (AvgIpc) is 3.43. The molecule has 0 radical (unpaired) electrons. The first-order valence-electron chi connectivity index (χ1n) is 10.9. The van der Waals surface area contributed by atoms with Gasteiger partial charge in [-0.2, -0.15) is 0 Å². The van der Waals surface area contributed by atoms with Crippen molar-refractivity contribution in [1.82, 2.24) is 10.6 Å². The summed E-state index contributed by atoms with van der Waals surface area (Å²) in [6, 6.07) is 12.5. The summed E-state index contributed by atoms with van der Waals surface area (Å²) in [6.45, 7) is 6.94. The monoisotopic (exact) mass is 539 g/mol. The zero-order chi connectivity index (χ0) is 21.0. The predicted octanol–water partition coefficient (Wildman–Crippen LogP) is 4.04. The number of nitrogens with zero attached hydrogens (tertiary/aromatic N) is 1. The van der Waals surface area contributed by atoms with Gasteiger partial charge in [-0.1, -0.05) is 26.0 Å². The number of benzene rings is 1. The molecule has 170 valence electrons. The standard InChI is InChI=1S/C24H33N3O3.HI/c1-24(2)21(20-12-16-30-22(20)24)27-23(26-14-11-19-5-4-15-29-19)25-13-10-17-6-8-18(28-3)9-7-17;/h4-9,15,20-22H,10-14,16H2,1-3H3,(H2,25,26,27);1H. The zero-order valence-electron chi connectivity index (χ0n) is 18.6. The normalized spacial score (nSPS) is 24.0. The van der Waals surface area contributed by atoms with Crippen LogP contribution in [0.4, 0.5) is 0 Å². The Bertz CT molecular complexity index is 836. The molecule has 0 amide bonds. The molecule has 3 atom stereocenters. The number of rotatable bonds is 8. The fourth-order valence-electron chi connectivity index (χ4n) is 4.77. The number of aliphatic imine (C=N–C) groups is 1. The van der Waals surface area contributed by atoms with Crippen molar-refractivity contribution < 1.29 is 13.9 Å². The molecular formula is C24H34IN3O3. The number of fused-ring (bicyclic) bond motifs is 1. The second-order valence-corrected chi connectivity index (χ2v) is 8.77. The van der Waals surface area contributed by atoms with Crippen LogP contribution in [0, 0.1) is 11.3 Å². The van der Waals surface area contributed by atoms with Gasteiger partial charge in [-0.05, 0) is 42.7 Å². The SMILES string of the molecule is COc1ccc(CCNC(=NCCc2ccco2)NC2C3CCOC3C2(C)C)cc1.I. The van der Waals surface area contributed by atoms with Crippen molar-refractivity contribution in [3.63, 3.8) is 0 Å². The van der Waals surface area contributed by atoms with Gasteiger partial charge in [-0.15, -0.1) is 24.0 Å². The lowest BCUT2D eigenvalue weighted by Gasteiger charge is -2.54. The van der Waals surface area contributed by atoms with E-state index in [4.69, 9.17) is 18.9 Å². The van der Waals surface area contributed by atoms with Crippen LogP contribution < -0.4 is 15.4 Å². The highest BCUT2D eigenvalue weighted by Gasteiger charge is 2.59.